The summed E-state index contributed by atoms with van der Waals surface area (Å²) >= 11 is 6.02. The van der Waals surface area contributed by atoms with E-state index in [2.05, 4.69) is 15.6 Å². The van der Waals surface area contributed by atoms with Gasteiger partial charge in [0.25, 0.3) is 0 Å². The van der Waals surface area contributed by atoms with Gasteiger partial charge in [-0.1, -0.05) is 11.6 Å². The average Bonchev–Trinajstić information content (AvgIpc) is 2.48. The minimum atomic E-state index is 0.703. The van der Waals surface area contributed by atoms with Gasteiger partial charge in [0.1, 0.15) is 0 Å². The lowest BCUT2D eigenvalue weighted by molar-refractivity contribution is 0.389. The van der Waals surface area contributed by atoms with Crippen molar-refractivity contribution in [2.75, 3.05) is 19.0 Å². The molecule has 2 N–H and O–H groups in total. The number of ether oxygens (including phenoxy) is 1. The molecular weight excluding hydrogens is 274 g/mol. The van der Waals surface area contributed by atoms with Crippen molar-refractivity contribution >= 4 is 17.3 Å². The molecule has 1 aromatic heterocycles. The molecule has 20 heavy (non-hydrogen) atoms. The van der Waals surface area contributed by atoms with Crippen molar-refractivity contribution in [3.63, 3.8) is 0 Å². The molecule has 0 fully saturated rings. The topological polar surface area (TPSA) is 46.2 Å². The predicted octanol–water partition coefficient (Wildman–Crippen LogP) is 2.95. The van der Waals surface area contributed by atoms with E-state index in [4.69, 9.17) is 16.3 Å². The van der Waals surface area contributed by atoms with E-state index in [1.54, 1.807) is 13.3 Å². The summed E-state index contributed by atoms with van der Waals surface area (Å²) in [7, 11) is 1.68. The lowest BCUT2D eigenvalue weighted by Gasteiger charge is -2.23. The molecule has 0 radical (unpaired) electrons. The smallest absolute Gasteiger partial charge is 0.216 e. The normalized spacial score (nSPS) is 17.5. The molecule has 106 valence electrons. The first kappa shape index (κ1) is 13.3. The van der Waals surface area contributed by atoms with Crippen LogP contribution >= 0.6 is 11.6 Å². The van der Waals surface area contributed by atoms with Gasteiger partial charge in [-0.3, -0.25) is 0 Å². The average molecular weight is 292 g/mol. The van der Waals surface area contributed by atoms with Gasteiger partial charge in [-0.25, -0.2) is 4.98 Å². The zero-order chi connectivity index (χ0) is 13.9. The number of dihydropyridines is 1. The molecule has 0 aromatic carbocycles. The van der Waals surface area contributed by atoms with Gasteiger partial charge in [-0.2, -0.15) is 0 Å². The van der Waals surface area contributed by atoms with Gasteiger partial charge >= 0.3 is 0 Å². The van der Waals surface area contributed by atoms with Crippen LogP contribution in [0.4, 0.5) is 5.69 Å². The van der Waals surface area contributed by atoms with Crippen LogP contribution in [0.3, 0.4) is 0 Å². The van der Waals surface area contributed by atoms with Crippen molar-refractivity contribution in [2.45, 2.75) is 25.7 Å². The Kier molecular flexibility index (Phi) is 3.83. The molecule has 0 unspecified atom stereocenters. The summed E-state index contributed by atoms with van der Waals surface area (Å²) in [4.78, 5) is 4.42. The molecule has 4 nitrogen and oxygen atoms in total. The van der Waals surface area contributed by atoms with Gasteiger partial charge in [-0.05, 0) is 37.3 Å². The molecule has 2 aliphatic rings. The number of anilines is 1. The van der Waals surface area contributed by atoms with Crippen molar-refractivity contribution < 1.29 is 4.74 Å². The minimum absolute atomic E-state index is 0.703. The fourth-order valence-corrected chi connectivity index (χ4v) is 2.98. The van der Waals surface area contributed by atoms with Crippen LogP contribution in [-0.4, -0.2) is 18.6 Å². The zero-order valence-electron chi connectivity index (χ0n) is 11.5. The maximum Gasteiger partial charge on any atom is 0.216 e. The summed E-state index contributed by atoms with van der Waals surface area (Å²) in [6, 6.07) is 0. The maximum atomic E-state index is 6.02. The second kappa shape index (κ2) is 5.75. The zero-order valence-corrected chi connectivity index (χ0v) is 12.3. The molecule has 0 spiro atoms. The van der Waals surface area contributed by atoms with Crippen LogP contribution < -0.4 is 15.4 Å². The lowest BCUT2D eigenvalue weighted by atomic mass is 9.91. The molecule has 0 saturated heterocycles. The van der Waals surface area contributed by atoms with Crippen molar-refractivity contribution in [1.29, 1.82) is 0 Å². The van der Waals surface area contributed by atoms with Crippen molar-refractivity contribution in [3.05, 3.63) is 40.3 Å². The number of pyridine rings is 1. The third-order valence-corrected chi connectivity index (χ3v) is 3.91. The number of hydrogen-bond donors (Lipinski definition) is 2. The second-order valence-corrected chi connectivity index (χ2v) is 5.49. The summed E-state index contributed by atoms with van der Waals surface area (Å²) < 4.78 is 5.38. The number of fused-ring (bicyclic) bond motifs is 1. The fraction of sp³-hybridized carbons (Fsp3) is 0.400. The van der Waals surface area contributed by atoms with Gasteiger partial charge in [0, 0.05) is 17.5 Å². The van der Waals surface area contributed by atoms with Crippen LogP contribution in [0, 0.1) is 0 Å². The number of aromatic nitrogens is 1. The first-order valence-electron chi connectivity index (χ1n) is 6.89. The van der Waals surface area contributed by atoms with E-state index in [1.165, 1.54) is 24.0 Å². The highest BCUT2D eigenvalue weighted by Crippen LogP contribution is 2.33. The van der Waals surface area contributed by atoms with Crippen molar-refractivity contribution in [1.82, 2.24) is 10.3 Å². The molecule has 2 heterocycles. The van der Waals surface area contributed by atoms with E-state index < -0.39 is 0 Å². The van der Waals surface area contributed by atoms with Gasteiger partial charge in [0.05, 0.1) is 30.6 Å². The molecule has 1 aromatic rings. The van der Waals surface area contributed by atoms with E-state index >= 15 is 0 Å². The monoisotopic (exact) mass is 291 g/mol. The number of nitrogens with zero attached hydrogens (tertiary/aromatic N) is 1. The predicted molar refractivity (Wildman–Crippen MR) is 81.1 cm³/mol. The third-order valence-electron chi connectivity index (χ3n) is 3.70. The third kappa shape index (κ3) is 2.61. The Labute approximate surface area is 123 Å². The molecule has 1 aliphatic carbocycles. The summed E-state index contributed by atoms with van der Waals surface area (Å²) in [6.45, 7) is 0.747. The highest BCUT2D eigenvalue weighted by Gasteiger charge is 2.19. The number of halogens is 1. The Morgan fingerprint density at radius 3 is 2.85 bits per heavy atom. The second-order valence-electron chi connectivity index (χ2n) is 5.05. The number of rotatable bonds is 3. The largest absolute Gasteiger partial charge is 0.481 e. The Hall–Kier alpha value is -1.68. The summed E-state index contributed by atoms with van der Waals surface area (Å²) in [6.07, 6.45) is 10.1. The van der Waals surface area contributed by atoms with E-state index in [9.17, 15) is 0 Å². The van der Waals surface area contributed by atoms with Gasteiger partial charge in [0.2, 0.25) is 5.88 Å². The SMILES string of the molecule is COc1ncc(NC2=CC(Cl)=CNC2)c2c1CCCC2. The van der Waals surface area contributed by atoms with Crippen molar-refractivity contribution in [2.24, 2.45) is 0 Å². The van der Waals surface area contributed by atoms with E-state index in [0.717, 1.165) is 36.7 Å². The quantitative estimate of drug-likeness (QED) is 0.899. The number of allylic oxidation sites excluding steroid dienone is 2. The first-order chi connectivity index (χ1) is 9.78. The maximum absolute atomic E-state index is 6.02. The molecule has 5 heteroatoms. The highest BCUT2D eigenvalue weighted by molar-refractivity contribution is 6.31. The van der Waals surface area contributed by atoms with Gasteiger partial charge < -0.3 is 15.4 Å². The molecule has 0 atom stereocenters. The number of nitrogens with one attached hydrogen (secondary N) is 2. The summed E-state index contributed by atoms with van der Waals surface area (Å²) in [5, 5.41) is 7.29. The molecule has 0 amide bonds. The van der Waals surface area contributed by atoms with Gasteiger partial charge in [-0.15, -0.1) is 0 Å². The summed E-state index contributed by atoms with van der Waals surface area (Å²) in [5.74, 6) is 0.763. The van der Waals surface area contributed by atoms with Gasteiger partial charge in [0.15, 0.2) is 0 Å². The minimum Gasteiger partial charge on any atom is -0.481 e. The Bertz CT molecular complexity index is 581. The molecule has 0 saturated carbocycles. The van der Waals surface area contributed by atoms with E-state index in [0.29, 0.717) is 5.03 Å². The van der Waals surface area contributed by atoms with Crippen LogP contribution in [0.15, 0.2) is 29.2 Å². The fourth-order valence-electron chi connectivity index (χ4n) is 2.77. The highest BCUT2D eigenvalue weighted by atomic mass is 35.5. The van der Waals surface area contributed by atoms with Crippen LogP contribution in [0.5, 0.6) is 5.88 Å². The first-order valence-corrected chi connectivity index (χ1v) is 7.27. The Morgan fingerprint density at radius 2 is 2.10 bits per heavy atom. The lowest BCUT2D eigenvalue weighted by Crippen LogP contribution is -2.20. The molecule has 0 bridgehead atoms. The Balaban J connectivity index is 1.92. The van der Waals surface area contributed by atoms with Crippen LogP contribution in [0.25, 0.3) is 0 Å². The van der Waals surface area contributed by atoms with Crippen LogP contribution in [-0.2, 0) is 12.8 Å². The van der Waals surface area contributed by atoms with E-state index in [-0.39, 0.29) is 0 Å². The summed E-state index contributed by atoms with van der Waals surface area (Å²) in [5.41, 5.74) is 4.70. The molecule has 3 rings (SSSR count). The Morgan fingerprint density at radius 1 is 1.30 bits per heavy atom. The molecule has 1 aliphatic heterocycles. The molecular formula is C15H18ClN3O. The van der Waals surface area contributed by atoms with E-state index in [1.807, 2.05) is 12.3 Å². The van der Waals surface area contributed by atoms with Crippen LogP contribution in [0.1, 0.15) is 24.0 Å². The number of methoxy groups -OCH3 is 1. The van der Waals surface area contributed by atoms with Crippen LogP contribution in [0.2, 0.25) is 0 Å². The van der Waals surface area contributed by atoms with Crippen molar-refractivity contribution in [3.8, 4) is 5.88 Å². The number of hydrogen-bond acceptors (Lipinski definition) is 4. The standard InChI is InChI=1S/C15H18ClN3O/c1-20-15-13-5-3-2-4-12(13)14(9-18-15)19-11-6-10(16)7-17-8-11/h6-7,9,17,19H,2-5,8H2,1H3.